The van der Waals surface area contributed by atoms with Gasteiger partial charge in [0.1, 0.15) is 0 Å². The smallest absolute Gasteiger partial charge is 0.356 e. The second kappa shape index (κ2) is 4.04. The van der Waals surface area contributed by atoms with E-state index in [0.717, 1.165) is 4.09 Å². The Morgan fingerprint density at radius 3 is 3.00 bits per heavy atom. The minimum atomic E-state index is -1.16. The molecule has 0 radical (unpaired) electrons. The molecule has 2 rings (SSSR count). The van der Waals surface area contributed by atoms with Crippen LogP contribution in [0.15, 0.2) is 0 Å². The van der Waals surface area contributed by atoms with E-state index in [2.05, 4.69) is 11.2 Å². The predicted molar refractivity (Wildman–Crippen MR) is 59.0 cm³/mol. The van der Waals surface area contributed by atoms with Crippen molar-refractivity contribution < 1.29 is 13.8 Å². The van der Waals surface area contributed by atoms with Crippen LogP contribution in [0, 0.1) is 16.7 Å². The first kappa shape index (κ1) is 11.9. The van der Waals surface area contributed by atoms with Crippen molar-refractivity contribution >= 4 is 18.3 Å². The van der Waals surface area contributed by atoms with Crippen LogP contribution < -0.4 is 0 Å². The number of halogens is 1. The fourth-order valence-electron chi connectivity index (χ4n) is 2.08. The van der Waals surface area contributed by atoms with E-state index in [9.17, 15) is 8.68 Å². The number of nitrogens with zero attached hydrogens (tertiary/aromatic N) is 3. The molecule has 1 N–H and O–H groups in total. The predicted octanol–water partition coefficient (Wildman–Crippen LogP) is 1.98. The molecule has 0 saturated carbocycles. The summed E-state index contributed by atoms with van der Waals surface area (Å²) >= 11 is -0.134. The largest absolute Gasteiger partial charge is 0.476 e. The average molecular weight is 255 g/mol. The fraction of sp³-hybridized carbons (Fsp3) is 0.500. The number of fused-ring (bicyclic) bond motifs is 1. The lowest BCUT2D eigenvalue weighted by Crippen LogP contribution is -2.25. The van der Waals surface area contributed by atoms with Crippen molar-refractivity contribution in [3.63, 3.8) is 0 Å². The molecule has 17 heavy (non-hydrogen) atoms. The Labute approximate surface area is 102 Å². The van der Waals surface area contributed by atoms with Crippen LogP contribution in [-0.2, 0) is 12.8 Å². The summed E-state index contributed by atoms with van der Waals surface area (Å²) in [5.41, 5.74) is 0.377. The number of nitriles is 1. The van der Waals surface area contributed by atoms with Gasteiger partial charge in [-0.25, -0.2) is 4.79 Å². The van der Waals surface area contributed by atoms with Crippen LogP contribution >= 0.6 is 12.3 Å². The van der Waals surface area contributed by atoms with E-state index in [1.807, 2.05) is 0 Å². The molecular weight excluding hydrogens is 245 g/mol. The second-order valence-corrected chi connectivity index (χ2v) is 4.85. The van der Waals surface area contributed by atoms with E-state index in [0.29, 0.717) is 30.5 Å². The van der Waals surface area contributed by atoms with E-state index in [1.54, 1.807) is 6.92 Å². The normalized spacial score (nSPS) is 22.9. The maximum Gasteiger partial charge on any atom is 0.356 e. The molecule has 1 unspecified atom stereocenters. The molecule has 0 saturated heterocycles. The first-order chi connectivity index (χ1) is 8.00. The summed E-state index contributed by atoms with van der Waals surface area (Å²) in [7, 11) is 0. The molecule has 0 amide bonds. The Hall–Kier alpha value is -1.55. The maximum absolute atomic E-state index is 12.7. The molecular formula is C10H10FN3O2S. The van der Waals surface area contributed by atoms with E-state index >= 15 is 0 Å². The lowest BCUT2D eigenvalue weighted by molar-refractivity contribution is 0.0688. The molecule has 0 bridgehead atoms. The molecule has 0 spiro atoms. The molecule has 7 heteroatoms. The Morgan fingerprint density at radius 2 is 2.47 bits per heavy atom. The zero-order valence-electron chi connectivity index (χ0n) is 9.10. The van der Waals surface area contributed by atoms with Gasteiger partial charge in [-0.15, -0.1) is 3.89 Å². The maximum atomic E-state index is 12.7. The van der Waals surface area contributed by atoms with E-state index in [4.69, 9.17) is 10.4 Å². The van der Waals surface area contributed by atoms with Crippen molar-refractivity contribution in [1.29, 1.82) is 5.26 Å². The first-order valence-corrected chi connectivity index (χ1v) is 5.72. The van der Waals surface area contributed by atoms with Crippen molar-refractivity contribution in [1.82, 2.24) is 9.19 Å². The van der Waals surface area contributed by atoms with E-state index < -0.39 is 11.4 Å². The quantitative estimate of drug-likeness (QED) is 0.874. The van der Waals surface area contributed by atoms with E-state index in [1.165, 1.54) is 0 Å². The van der Waals surface area contributed by atoms with Crippen LogP contribution in [0.25, 0.3) is 0 Å². The molecule has 1 atom stereocenters. The highest BCUT2D eigenvalue weighted by molar-refractivity contribution is 7.92. The number of hydrogen-bond acceptors (Lipinski definition) is 4. The lowest BCUT2D eigenvalue weighted by atomic mass is 9.76. The molecule has 1 aromatic heterocycles. The summed E-state index contributed by atoms with van der Waals surface area (Å²) in [6, 6.07) is 2.19. The Morgan fingerprint density at radius 1 is 1.76 bits per heavy atom. The van der Waals surface area contributed by atoms with E-state index in [-0.39, 0.29) is 18.0 Å². The fourth-order valence-corrected chi connectivity index (χ4v) is 2.45. The molecule has 90 valence electrons. The number of aromatic nitrogens is 2. The molecule has 5 nitrogen and oxygen atoms in total. The van der Waals surface area contributed by atoms with Gasteiger partial charge in [-0.3, -0.25) is 0 Å². The molecule has 1 aliphatic rings. The van der Waals surface area contributed by atoms with Crippen molar-refractivity contribution in [3.8, 4) is 6.07 Å². The van der Waals surface area contributed by atoms with Gasteiger partial charge < -0.3 is 5.11 Å². The van der Waals surface area contributed by atoms with Gasteiger partial charge in [0.05, 0.1) is 17.2 Å². The summed E-state index contributed by atoms with van der Waals surface area (Å²) < 4.78 is 13.7. The second-order valence-electron chi connectivity index (χ2n) is 4.37. The van der Waals surface area contributed by atoms with Crippen LogP contribution in [0.5, 0.6) is 0 Å². The van der Waals surface area contributed by atoms with Gasteiger partial charge in [-0.1, -0.05) is 0 Å². The Kier molecular flexibility index (Phi) is 2.83. The number of hydrogen-bond donors (Lipinski definition) is 1. The van der Waals surface area contributed by atoms with Gasteiger partial charge in [-0.05, 0) is 19.8 Å². The molecule has 0 aliphatic heterocycles. The van der Waals surface area contributed by atoms with Crippen LogP contribution in [0.2, 0.25) is 0 Å². The van der Waals surface area contributed by atoms with Crippen molar-refractivity contribution in [3.05, 3.63) is 17.0 Å². The van der Waals surface area contributed by atoms with Crippen molar-refractivity contribution in [2.45, 2.75) is 26.2 Å². The lowest BCUT2D eigenvalue weighted by Gasteiger charge is -2.26. The summed E-state index contributed by atoms with van der Waals surface area (Å²) in [5, 5.41) is 21.7. The number of aromatic carboxylic acids is 1. The van der Waals surface area contributed by atoms with Gasteiger partial charge in [0, 0.05) is 12.0 Å². The third kappa shape index (κ3) is 1.89. The highest BCUT2D eigenvalue weighted by Crippen LogP contribution is 2.37. The third-order valence-corrected chi connectivity index (χ3v) is 3.51. The summed E-state index contributed by atoms with van der Waals surface area (Å²) in [6.07, 6.45) is 1.34. The Bertz CT molecular complexity index is 522. The average Bonchev–Trinajstić information content (AvgIpc) is 2.67. The summed E-state index contributed by atoms with van der Waals surface area (Å²) in [4.78, 5) is 11.0. The summed E-state index contributed by atoms with van der Waals surface area (Å²) in [5.74, 6) is -1.16. The standard InChI is InChI=1S/C10H10FN3O2S/c1-10(5-12)3-2-6-7(4-10)14(17-11)13-8(6)9(15)16/h2-4H2,1H3,(H,15,16). The molecule has 1 heterocycles. The van der Waals surface area contributed by atoms with Gasteiger partial charge in [0.15, 0.2) is 18.0 Å². The van der Waals surface area contributed by atoms with Crippen molar-refractivity contribution in [2.75, 3.05) is 0 Å². The Balaban J connectivity index is 2.51. The van der Waals surface area contributed by atoms with Crippen LogP contribution in [-0.4, -0.2) is 20.3 Å². The molecule has 0 fully saturated rings. The van der Waals surface area contributed by atoms with Gasteiger partial charge in [0.2, 0.25) is 0 Å². The van der Waals surface area contributed by atoms with Gasteiger partial charge >= 0.3 is 5.97 Å². The number of carbonyl (C=O) groups is 1. The number of carboxylic acids is 1. The van der Waals surface area contributed by atoms with Gasteiger partial charge in [-0.2, -0.15) is 14.4 Å². The van der Waals surface area contributed by atoms with Crippen molar-refractivity contribution in [2.24, 2.45) is 5.41 Å². The minimum Gasteiger partial charge on any atom is -0.476 e. The highest BCUT2D eigenvalue weighted by atomic mass is 32.2. The number of carboxylic acid groups (broad SMARTS) is 1. The van der Waals surface area contributed by atoms with Crippen LogP contribution in [0.3, 0.4) is 0 Å². The molecule has 1 aliphatic carbocycles. The zero-order valence-corrected chi connectivity index (χ0v) is 9.92. The molecule has 0 aromatic carbocycles. The topological polar surface area (TPSA) is 78.9 Å². The highest BCUT2D eigenvalue weighted by Gasteiger charge is 2.36. The summed E-state index contributed by atoms with van der Waals surface area (Å²) in [6.45, 7) is 1.79. The SMILES string of the molecule is CC1(C#N)CCc2c(C(=O)O)nn(SF)c2C1. The first-order valence-electron chi connectivity index (χ1n) is 5.05. The van der Waals surface area contributed by atoms with Crippen LogP contribution in [0.4, 0.5) is 3.89 Å². The van der Waals surface area contributed by atoms with Crippen LogP contribution in [0.1, 0.15) is 35.1 Å². The minimum absolute atomic E-state index is 0.106. The number of rotatable bonds is 2. The monoisotopic (exact) mass is 255 g/mol. The zero-order chi connectivity index (χ0) is 12.6. The van der Waals surface area contributed by atoms with Gasteiger partial charge in [0.25, 0.3) is 0 Å². The third-order valence-electron chi connectivity index (χ3n) is 3.08. The molecule has 1 aromatic rings.